The third-order valence-electron chi connectivity index (χ3n) is 3.12. The first-order valence-corrected chi connectivity index (χ1v) is 8.38. The van der Waals surface area contributed by atoms with Crippen LogP contribution < -0.4 is 5.32 Å². The van der Waals surface area contributed by atoms with Crippen molar-refractivity contribution >= 4 is 38.6 Å². The van der Waals surface area contributed by atoms with Gasteiger partial charge in [0.15, 0.2) is 0 Å². The maximum atomic E-state index is 3.72. The zero-order chi connectivity index (χ0) is 11.7. The molecule has 2 aromatic rings. The van der Waals surface area contributed by atoms with Crippen molar-refractivity contribution in [2.45, 2.75) is 25.4 Å². The minimum absolute atomic E-state index is 0.559. The van der Waals surface area contributed by atoms with Gasteiger partial charge in [-0.1, -0.05) is 6.07 Å². The molecule has 1 aliphatic rings. The monoisotopic (exact) mass is 327 g/mol. The molecule has 0 aliphatic heterocycles. The summed E-state index contributed by atoms with van der Waals surface area (Å²) in [6.45, 7) is 0.970. The average Bonchev–Trinajstić information content (AvgIpc) is 2.86. The Morgan fingerprint density at radius 2 is 2.18 bits per heavy atom. The lowest BCUT2D eigenvalue weighted by Gasteiger charge is -2.16. The Kier molecular flexibility index (Phi) is 3.66. The van der Waals surface area contributed by atoms with Crippen molar-refractivity contribution in [1.29, 1.82) is 0 Å². The second-order valence-electron chi connectivity index (χ2n) is 4.40. The first kappa shape index (κ1) is 11.9. The second kappa shape index (κ2) is 5.22. The van der Waals surface area contributed by atoms with Gasteiger partial charge in [-0.3, -0.25) is 0 Å². The standard InChI is InChI=1S/C13H14BrNS2/c14-10-5-7-17-12(10)8-15-13(9-3-4-9)11-2-1-6-16-11/h1-2,5-7,9,13,15H,3-4,8H2. The Morgan fingerprint density at radius 1 is 1.29 bits per heavy atom. The highest BCUT2D eigenvalue weighted by Crippen LogP contribution is 2.42. The van der Waals surface area contributed by atoms with Crippen molar-refractivity contribution in [3.63, 3.8) is 0 Å². The van der Waals surface area contributed by atoms with Gasteiger partial charge in [-0.15, -0.1) is 22.7 Å². The minimum atomic E-state index is 0.559. The van der Waals surface area contributed by atoms with E-state index >= 15 is 0 Å². The van der Waals surface area contributed by atoms with Gasteiger partial charge < -0.3 is 5.32 Å². The summed E-state index contributed by atoms with van der Waals surface area (Å²) >= 11 is 7.28. The summed E-state index contributed by atoms with van der Waals surface area (Å²) in [5, 5.41) is 8.03. The van der Waals surface area contributed by atoms with Crippen LogP contribution in [0.5, 0.6) is 0 Å². The van der Waals surface area contributed by atoms with E-state index in [4.69, 9.17) is 0 Å². The molecule has 1 fully saturated rings. The van der Waals surface area contributed by atoms with Gasteiger partial charge in [0.2, 0.25) is 0 Å². The molecule has 3 rings (SSSR count). The van der Waals surface area contributed by atoms with Crippen molar-refractivity contribution in [2.24, 2.45) is 5.92 Å². The molecule has 1 aliphatic carbocycles. The molecule has 4 heteroatoms. The van der Waals surface area contributed by atoms with Crippen molar-refractivity contribution < 1.29 is 0 Å². The Morgan fingerprint density at radius 3 is 2.76 bits per heavy atom. The van der Waals surface area contributed by atoms with Crippen molar-refractivity contribution in [3.05, 3.63) is 43.2 Å². The molecule has 90 valence electrons. The zero-order valence-electron chi connectivity index (χ0n) is 9.36. The van der Waals surface area contributed by atoms with Crippen LogP contribution in [0.25, 0.3) is 0 Å². The molecular weight excluding hydrogens is 314 g/mol. The molecule has 0 radical (unpaired) electrons. The quantitative estimate of drug-likeness (QED) is 0.830. The molecule has 1 saturated carbocycles. The topological polar surface area (TPSA) is 12.0 Å². The SMILES string of the molecule is Brc1ccsc1CNC(c1cccs1)C1CC1. The van der Waals surface area contributed by atoms with E-state index in [2.05, 4.69) is 50.2 Å². The van der Waals surface area contributed by atoms with Gasteiger partial charge >= 0.3 is 0 Å². The first-order chi connectivity index (χ1) is 8.34. The van der Waals surface area contributed by atoms with E-state index in [1.807, 2.05) is 22.7 Å². The Hall–Kier alpha value is -0.160. The van der Waals surface area contributed by atoms with Gasteiger partial charge in [-0.2, -0.15) is 0 Å². The molecule has 2 aromatic heterocycles. The highest BCUT2D eigenvalue weighted by molar-refractivity contribution is 9.10. The molecule has 1 N–H and O–H groups in total. The Bertz CT molecular complexity index is 473. The summed E-state index contributed by atoms with van der Waals surface area (Å²) in [6.07, 6.45) is 2.75. The van der Waals surface area contributed by atoms with Crippen LogP contribution in [0.15, 0.2) is 33.4 Å². The third-order valence-corrected chi connectivity index (χ3v) is 6.00. The van der Waals surface area contributed by atoms with Crippen LogP contribution in [0.4, 0.5) is 0 Å². The predicted octanol–water partition coefficient (Wildman–Crippen LogP) is 4.81. The molecule has 0 bridgehead atoms. The Balaban J connectivity index is 1.68. The number of hydrogen-bond donors (Lipinski definition) is 1. The number of rotatable bonds is 5. The van der Waals surface area contributed by atoms with Gasteiger partial charge in [0.05, 0.1) is 0 Å². The maximum absolute atomic E-state index is 3.72. The normalized spacial score (nSPS) is 17.2. The van der Waals surface area contributed by atoms with Crippen molar-refractivity contribution in [1.82, 2.24) is 5.32 Å². The van der Waals surface area contributed by atoms with Crippen molar-refractivity contribution in [3.8, 4) is 0 Å². The van der Waals surface area contributed by atoms with E-state index in [0.29, 0.717) is 6.04 Å². The fourth-order valence-corrected chi connectivity index (χ4v) is 4.39. The lowest BCUT2D eigenvalue weighted by molar-refractivity contribution is 0.489. The lowest BCUT2D eigenvalue weighted by atomic mass is 10.1. The summed E-state index contributed by atoms with van der Waals surface area (Å²) in [4.78, 5) is 2.88. The summed E-state index contributed by atoms with van der Waals surface area (Å²) in [5.74, 6) is 0.854. The molecule has 17 heavy (non-hydrogen) atoms. The lowest BCUT2D eigenvalue weighted by Crippen LogP contribution is -2.21. The smallest absolute Gasteiger partial charge is 0.0446 e. The van der Waals surface area contributed by atoms with E-state index in [9.17, 15) is 0 Å². The van der Waals surface area contributed by atoms with Crippen LogP contribution >= 0.6 is 38.6 Å². The molecule has 1 unspecified atom stereocenters. The largest absolute Gasteiger partial charge is 0.304 e. The fraction of sp³-hybridized carbons (Fsp3) is 0.385. The fourth-order valence-electron chi connectivity index (χ4n) is 2.05. The van der Waals surface area contributed by atoms with E-state index in [1.165, 1.54) is 27.1 Å². The van der Waals surface area contributed by atoms with Crippen LogP contribution in [-0.4, -0.2) is 0 Å². The highest BCUT2D eigenvalue weighted by Gasteiger charge is 2.32. The van der Waals surface area contributed by atoms with Gasteiger partial charge in [-0.05, 0) is 57.6 Å². The van der Waals surface area contributed by atoms with Crippen LogP contribution in [0.3, 0.4) is 0 Å². The average molecular weight is 328 g/mol. The van der Waals surface area contributed by atoms with Gasteiger partial charge in [0.1, 0.15) is 0 Å². The van der Waals surface area contributed by atoms with Crippen LogP contribution in [0.2, 0.25) is 0 Å². The van der Waals surface area contributed by atoms with Crippen LogP contribution in [-0.2, 0) is 6.54 Å². The molecule has 0 amide bonds. The van der Waals surface area contributed by atoms with E-state index in [0.717, 1.165) is 12.5 Å². The molecule has 0 saturated heterocycles. The Labute approximate surface area is 118 Å². The van der Waals surface area contributed by atoms with E-state index < -0.39 is 0 Å². The third kappa shape index (κ3) is 2.81. The minimum Gasteiger partial charge on any atom is -0.304 e. The van der Waals surface area contributed by atoms with Crippen LogP contribution in [0, 0.1) is 5.92 Å². The van der Waals surface area contributed by atoms with Gasteiger partial charge in [0.25, 0.3) is 0 Å². The molecule has 1 nitrogen and oxygen atoms in total. The molecule has 0 spiro atoms. The van der Waals surface area contributed by atoms with E-state index in [1.54, 1.807) is 0 Å². The summed E-state index contributed by atoms with van der Waals surface area (Å²) < 4.78 is 1.23. The predicted molar refractivity (Wildman–Crippen MR) is 78.6 cm³/mol. The van der Waals surface area contributed by atoms with Gasteiger partial charge in [-0.25, -0.2) is 0 Å². The highest BCUT2D eigenvalue weighted by atomic mass is 79.9. The summed E-state index contributed by atoms with van der Waals surface area (Å²) in [5.41, 5.74) is 0. The maximum Gasteiger partial charge on any atom is 0.0446 e. The first-order valence-electron chi connectivity index (χ1n) is 5.83. The number of halogens is 1. The second-order valence-corrected chi connectivity index (χ2v) is 7.24. The molecular formula is C13H14BrNS2. The van der Waals surface area contributed by atoms with Crippen molar-refractivity contribution in [2.75, 3.05) is 0 Å². The number of nitrogens with one attached hydrogen (secondary N) is 1. The number of hydrogen-bond acceptors (Lipinski definition) is 3. The summed E-state index contributed by atoms with van der Waals surface area (Å²) in [7, 11) is 0. The molecule has 0 aromatic carbocycles. The zero-order valence-corrected chi connectivity index (χ0v) is 12.6. The van der Waals surface area contributed by atoms with Gasteiger partial charge in [0, 0.05) is 26.8 Å². The molecule has 2 heterocycles. The summed E-state index contributed by atoms with van der Waals surface area (Å²) in [6, 6.07) is 7.09. The van der Waals surface area contributed by atoms with Crippen LogP contribution in [0.1, 0.15) is 28.6 Å². The van der Waals surface area contributed by atoms with E-state index in [-0.39, 0.29) is 0 Å². The molecule has 1 atom stereocenters. The number of thiophene rings is 2.